The summed E-state index contributed by atoms with van der Waals surface area (Å²) < 4.78 is 0. The molecule has 0 saturated carbocycles. The first-order valence-electron chi connectivity index (χ1n) is 5.69. The van der Waals surface area contributed by atoms with Crippen molar-refractivity contribution in [1.29, 1.82) is 0 Å². The Kier molecular flexibility index (Phi) is 5.29. The minimum Gasteiger partial charge on any atom is -0.356 e. The normalized spacial score (nSPS) is 12.7. The molecule has 3 heteroatoms. The van der Waals surface area contributed by atoms with Crippen LogP contribution in [0.15, 0.2) is 0 Å². The minimum atomic E-state index is 0.105. The van der Waals surface area contributed by atoms with Gasteiger partial charge in [0.1, 0.15) is 0 Å². The van der Waals surface area contributed by atoms with Crippen LogP contribution < -0.4 is 11.1 Å². The Bertz CT molecular complexity index is 210. The van der Waals surface area contributed by atoms with Crippen LogP contribution in [0.3, 0.4) is 0 Å². The summed E-state index contributed by atoms with van der Waals surface area (Å²) in [7, 11) is 0. The third-order valence-electron chi connectivity index (χ3n) is 2.59. The quantitative estimate of drug-likeness (QED) is 0.709. The van der Waals surface area contributed by atoms with Gasteiger partial charge in [0.15, 0.2) is 0 Å². The highest BCUT2D eigenvalue weighted by Crippen LogP contribution is 2.32. The maximum absolute atomic E-state index is 11.2. The smallest absolute Gasteiger partial charge is 0.219 e. The number of carbonyl (C=O) groups is 1. The predicted octanol–water partition coefficient (Wildman–Crippen LogP) is 1.91. The summed E-state index contributed by atoms with van der Waals surface area (Å²) in [6, 6.07) is 0. The fraction of sp³-hybridized carbons (Fsp3) is 0.917. The Morgan fingerprint density at radius 3 is 2.13 bits per heavy atom. The van der Waals surface area contributed by atoms with E-state index in [1.807, 2.05) is 6.92 Å². The molecule has 0 unspecified atom stereocenters. The van der Waals surface area contributed by atoms with Gasteiger partial charge in [0.2, 0.25) is 5.91 Å². The SMILES string of the molecule is CCC(=O)NCC(C)(C)CC(C)(C)CN. The summed E-state index contributed by atoms with van der Waals surface area (Å²) in [5.41, 5.74) is 5.95. The molecule has 0 aliphatic rings. The van der Waals surface area contributed by atoms with Crippen molar-refractivity contribution >= 4 is 5.91 Å². The Morgan fingerprint density at radius 1 is 1.20 bits per heavy atom. The molecule has 0 fully saturated rings. The molecule has 0 aliphatic carbocycles. The van der Waals surface area contributed by atoms with Crippen molar-refractivity contribution in [3.8, 4) is 0 Å². The maximum Gasteiger partial charge on any atom is 0.219 e. The average molecular weight is 214 g/mol. The Labute approximate surface area is 93.8 Å². The number of rotatable bonds is 6. The van der Waals surface area contributed by atoms with Crippen LogP contribution >= 0.6 is 0 Å². The van der Waals surface area contributed by atoms with Crippen LogP contribution in [0.5, 0.6) is 0 Å². The van der Waals surface area contributed by atoms with Crippen molar-refractivity contribution < 1.29 is 4.79 Å². The van der Waals surface area contributed by atoms with Crippen LogP contribution in [0.4, 0.5) is 0 Å². The predicted molar refractivity (Wildman–Crippen MR) is 64.5 cm³/mol. The van der Waals surface area contributed by atoms with Crippen molar-refractivity contribution in [3.63, 3.8) is 0 Å². The van der Waals surface area contributed by atoms with Gasteiger partial charge in [-0.05, 0) is 23.8 Å². The second kappa shape index (κ2) is 5.50. The number of hydrogen-bond acceptors (Lipinski definition) is 2. The van der Waals surface area contributed by atoms with E-state index in [4.69, 9.17) is 5.73 Å². The summed E-state index contributed by atoms with van der Waals surface area (Å²) in [5.74, 6) is 0.119. The zero-order chi connectivity index (χ0) is 12.1. The number of amides is 1. The Balaban J connectivity index is 4.13. The summed E-state index contributed by atoms with van der Waals surface area (Å²) in [5, 5.41) is 2.94. The molecule has 0 heterocycles. The molecule has 15 heavy (non-hydrogen) atoms. The molecule has 90 valence electrons. The molecule has 1 amide bonds. The molecule has 0 rings (SSSR count). The Morgan fingerprint density at radius 2 is 1.73 bits per heavy atom. The molecular formula is C12H26N2O. The van der Waals surface area contributed by atoms with E-state index in [1.165, 1.54) is 0 Å². The van der Waals surface area contributed by atoms with Crippen LogP contribution in [-0.4, -0.2) is 19.0 Å². The average Bonchev–Trinajstić information content (AvgIpc) is 2.13. The summed E-state index contributed by atoms with van der Waals surface area (Å²) >= 11 is 0. The summed E-state index contributed by atoms with van der Waals surface area (Å²) in [6.07, 6.45) is 1.57. The van der Waals surface area contributed by atoms with E-state index in [2.05, 4.69) is 33.0 Å². The molecule has 0 radical (unpaired) electrons. The van der Waals surface area contributed by atoms with E-state index in [1.54, 1.807) is 0 Å². The van der Waals surface area contributed by atoms with Crippen molar-refractivity contribution in [2.75, 3.05) is 13.1 Å². The number of hydrogen-bond donors (Lipinski definition) is 2. The third kappa shape index (κ3) is 6.50. The molecule has 0 aromatic heterocycles. The minimum absolute atomic E-state index is 0.105. The van der Waals surface area contributed by atoms with Crippen LogP contribution in [-0.2, 0) is 4.79 Å². The van der Waals surface area contributed by atoms with E-state index >= 15 is 0 Å². The fourth-order valence-electron chi connectivity index (χ4n) is 1.89. The molecule has 0 aliphatic heterocycles. The standard InChI is InChI=1S/C12H26N2O/c1-6-10(15)14-9-12(4,5)7-11(2,3)8-13/h6-9,13H2,1-5H3,(H,14,15). The van der Waals surface area contributed by atoms with Gasteiger partial charge in [-0.25, -0.2) is 0 Å². The molecule has 0 aromatic carbocycles. The lowest BCUT2D eigenvalue weighted by molar-refractivity contribution is -0.121. The first-order chi connectivity index (χ1) is 6.72. The lowest BCUT2D eigenvalue weighted by Crippen LogP contribution is -2.38. The van der Waals surface area contributed by atoms with E-state index < -0.39 is 0 Å². The van der Waals surface area contributed by atoms with Crippen molar-refractivity contribution in [2.24, 2.45) is 16.6 Å². The van der Waals surface area contributed by atoms with Gasteiger partial charge in [-0.2, -0.15) is 0 Å². The first-order valence-corrected chi connectivity index (χ1v) is 5.69. The topological polar surface area (TPSA) is 55.1 Å². The van der Waals surface area contributed by atoms with Crippen LogP contribution in [0.25, 0.3) is 0 Å². The molecule has 0 atom stereocenters. The van der Waals surface area contributed by atoms with Crippen LogP contribution in [0.1, 0.15) is 47.5 Å². The van der Waals surface area contributed by atoms with E-state index in [0.29, 0.717) is 13.0 Å². The molecule has 0 aromatic rings. The molecule has 0 bridgehead atoms. The first kappa shape index (κ1) is 14.4. The molecule has 0 saturated heterocycles. The van der Waals surface area contributed by atoms with E-state index in [0.717, 1.165) is 13.0 Å². The van der Waals surface area contributed by atoms with Crippen LogP contribution in [0.2, 0.25) is 0 Å². The fourth-order valence-corrected chi connectivity index (χ4v) is 1.89. The van der Waals surface area contributed by atoms with E-state index in [-0.39, 0.29) is 16.7 Å². The van der Waals surface area contributed by atoms with Crippen molar-refractivity contribution in [2.45, 2.75) is 47.5 Å². The number of carbonyl (C=O) groups excluding carboxylic acids is 1. The molecular weight excluding hydrogens is 188 g/mol. The summed E-state index contributed by atoms with van der Waals surface area (Å²) in [6.45, 7) is 11.9. The van der Waals surface area contributed by atoms with Gasteiger partial charge in [0.05, 0.1) is 0 Å². The molecule has 0 spiro atoms. The number of nitrogens with one attached hydrogen (secondary N) is 1. The largest absolute Gasteiger partial charge is 0.356 e. The monoisotopic (exact) mass is 214 g/mol. The zero-order valence-electron chi connectivity index (χ0n) is 10.8. The van der Waals surface area contributed by atoms with Gasteiger partial charge in [-0.3, -0.25) is 4.79 Å². The second-order valence-corrected chi connectivity index (χ2v) is 5.84. The van der Waals surface area contributed by atoms with Crippen molar-refractivity contribution in [1.82, 2.24) is 5.32 Å². The zero-order valence-corrected chi connectivity index (χ0v) is 10.8. The highest BCUT2D eigenvalue weighted by atomic mass is 16.1. The highest BCUT2D eigenvalue weighted by Gasteiger charge is 2.27. The van der Waals surface area contributed by atoms with Crippen LogP contribution in [0, 0.1) is 10.8 Å². The highest BCUT2D eigenvalue weighted by molar-refractivity contribution is 5.75. The van der Waals surface area contributed by atoms with Crippen molar-refractivity contribution in [3.05, 3.63) is 0 Å². The third-order valence-corrected chi connectivity index (χ3v) is 2.59. The van der Waals surface area contributed by atoms with Gasteiger partial charge in [-0.15, -0.1) is 0 Å². The van der Waals surface area contributed by atoms with Gasteiger partial charge >= 0.3 is 0 Å². The Hall–Kier alpha value is -0.570. The van der Waals surface area contributed by atoms with E-state index in [9.17, 15) is 4.79 Å². The van der Waals surface area contributed by atoms with Gasteiger partial charge in [0.25, 0.3) is 0 Å². The van der Waals surface area contributed by atoms with Gasteiger partial charge < -0.3 is 11.1 Å². The van der Waals surface area contributed by atoms with Gasteiger partial charge in [0, 0.05) is 13.0 Å². The second-order valence-electron chi connectivity index (χ2n) is 5.84. The molecule has 3 N–H and O–H groups in total. The maximum atomic E-state index is 11.2. The molecule has 3 nitrogen and oxygen atoms in total. The lowest BCUT2D eigenvalue weighted by atomic mass is 9.75. The van der Waals surface area contributed by atoms with Gasteiger partial charge in [-0.1, -0.05) is 34.6 Å². The summed E-state index contributed by atoms with van der Waals surface area (Å²) in [4.78, 5) is 11.2. The lowest BCUT2D eigenvalue weighted by Gasteiger charge is -2.34. The number of nitrogens with two attached hydrogens (primary N) is 1.